The number of carbonyl (C=O) groups excluding carboxylic acids is 1. The lowest BCUT2D eigenvalue weighted by molar-refractivity contribution is -0.123. The lowest BCUT2D eigenvalue weighted by atomic mass is 10.2. The van der Waals surface area contributed by atoms with Crippen molar-refractivity contribution in [2.24, 2.45) is 0 Å². The van der Waals surface area contributed by atoms with Crippen molar-refractivity contribution in [3.8, 4) is 5.75 Å². The SMILES string of the molecule is C[C@H]1CNCCN1CC(=O)NCCOc1ccc(F)cc1.Cl. The predicted molar refractivity (Wildman–Crippen MR) is 86.1 cm³/mol. The Labute approximate surface area is 136 Å². The molecule has 0 radical (unpaired) electrons. The van der Waals surface area contributed by atoms with Gasteiger partial charge in [0.25, 0.3) is 0 Å². The fourth-order valence-corrected chi connectivity index (χ4v) is 2.25. The summed E-state index contributed by atoms with van der Waals surface area (Å²) in [5.74, 6) is 0.314. The summed E-state index contributed by atoms with van der Waals surface area (Å²) in [6, 6.07) is 6.21. The number of nitrogens with zero attached hydrogens (tertiary/aromatic N) is 1. The summed E-state index contributed by atoms with van der Waals surface area (Å²) in [5, 5.41) is 6.12. The Hall–Kier alpha value is -1.37. The molecule has 1 amide bonds. The predicted octanol–water partition coefficient (Wildman–Crippen LogP) is 1.04. The maximum absolute atomic E-state index is 12.7. The van der Waals surface area contributed by atoms with Gasteiger partial charge in [0.15, 0.2) is 0 Å². The maximum Gasteiger partial charge on any atom is 0.234 e. The largest absolute Gasteiger partial charge is 0.492 e. The topological polar surface area (TPSA) is 53.6 Å². The highest BCUT2D eigenvalue weighted by molar-refractivity contribution is 5.85. The van der Waals surface area contributed by atoms with Gasteiger partial charge in [0.2, 0.25) is 5.91 Å². The summed E-state index contributed by atoms with van der Waals surface area (Å²) in [6.07, 6.45) is 0. The Kier molecular flexibility index (Phi) is 8.16. The highest BCUT2D eigenvalue weighted by Gasteiger charge is 2.19. The highest BCUT2D eigenvalue weighted by Crippen LogP contribution is 2.10. The minimum absolute atomic E-state index is 0. The molecule has 1 saturated heterocycles. The van der Waals surface area contributed by atoms with E-state index in [-0.39, 0.29) is 24.1 Å². The molecule has 2 N–H and O–H groups in total. The van der Waals surface area contributed by atoms with Crippen LogP contribution >= 0.6 is 12.4 Å². The molecule has 22 heavy (non-hydrogen) atoms. The zero-order chi connectivity index (χ0) is 15.1. The van der Waals surface area contributed by atoms with Crippen molar-refractivity contribution in [1.82, 2.24) is 15.5 Å². The molecule has 1 aliphatic rings. The third kappa shape index (κ3) is 6.17. The van der Waals surface area contributed by atoms with Gasteiger partial charge in [-0.3, -0.25) is 9.69 Å². The fourth-order valence-electron chi connectivity index (χ4n) is 2.25. The first-order valence-electron chi connectivity index (χ1n) is 7.25. The lowest BCUT2D eigenvalue weighted by Crippen LogP contribution is -2.52. The number of halogens is 2. The van der Waals surface area contributed by atoms with Crippen LogP contribution in [0, 0.1) is 5.82 Å². The molecule has 5 nitrogen and oxygen atoms in total. The van der Waals surface area contributed by atoms with Crippen LogP contribution in [0.15, 0.2) is 24.3 Å². The second-order valence-corrected chi connectivity index (χ2v) is 5.18. The molecule has 0 unspecified atom stereocenters. The van der Waals surface area contributed by atoms with Crippen LogP contribution in [0.25, 0.3) is 0 Å². The zero-order valence-corrected chi connectivity index (χ0v) is 13.5. The van der Waals surface area contributed by atoms with Gasteiger partial charge in [0.05, 0.1) is 13.1 Å². The van der Waals surface area contributed by atoms with Crippen LogP contribution in [0.5, 0.6) is 5.75 Å². The van der Waals surface area contributed by atoms with Crippen molar-refractivity contribution in [3.05, 3.63) is 30.1 Å². The van der Waals surface area contributed by atoms with Crippen LogP contribution in [-0.2, 0) is 4.79 Å². The van der Waals surface area contributed by atoms with Gasteiger partial charge in [-0.1, -0.05) is 0 Å². The third-order valence-corrected chi connectivity index (χ3v) is 3.49. The average molecular weight is 332 g/mol. The number of carbonyl (C=O) groups is 1. The van der Waals surface area contributed by atoms with Crippen LogP contribution in [0.3, 0.4) is 0 Å². The van der Waals surface area contributed by atoms with Crippen molar-refractivity contribution < 1.29 is 13.9 Å². The van der Waals surface area contributed by atoms with Crippen LogP contribution in [0.1, 0.15) is 6.92 Å². The standard InChI is InChI=1S/C15H22FN3O2.ClH/c1-12-10-17-6-8-19(12)11-15(20)18-7-9-21-14-4-2-13(16)3-5-14;/h2-5,12,17H,6-11H2,1H3,(H,18,20);1H/t12-;/m0./s1. The first kappa shape index (κ1) is 18.7. The first-order chi connectivity index (χ1) is 10.1. The molecule has 0 spiro atoms. The van der Waals surface area contributed by atoms with Crippen LogP contribution < -0.4 is 15.4 Å². The molecule has 7 heteroatoms. The van der Waals surface area contributed by atoms with E-state index in [1.54, 1.807) is 12.1 Å². The molecule has 1 fully saturated rings. The molecule has 1 aromatic carbocycles. The number of benzene rings is 1. The van der Waals surface area contributed by atoms with Gasteiger partial charge in [-0.2, -0.15) is 0 Å². The molecule has 0 aromatic heterocycles. The summed E-state index contributed by atoms with van der Waals surface area (Å²) in [7, 11) is 0. The summed E-state index contributed by atoms with van der Waals surface area (Å²) in [6.45, 7) is 6.06. The molecule has 124 valence electrons. The normalized spacial score (nSPS) is 18.4. The number of hydrogen-bond donors (Lipinski definition) is 2. The van der Waals surface area contributed by atoms with Crippen molar-refractivity contribution in [1.29, 1.82) is 0 Å². The zero-order valence-electron chi connectivity index (χ0n) is 12.7. The Bertz CT molecular complexity index is 459. The highest BCUT2D eigenvalue weighted by atomic mass is 35.5. The quantitative estimate of drug-likeness (QED) is 0.765. The number of hydrogen-bond acceptors (Lipinski definition) is 4. The van der Waals surface area contributed by atoms with Gasteiger partial charge >= 0.3 is 0 Å². The Balaban J connectivity index is 0.00000242. The summed E-state index contributed by atoms with van der Waals surface area (Å²) in [5.41, 5.74) is 0. The second-order valence-electron chi connectivity index (χ2n) is 5.18. The maximum atomic E-state index is 12.7. The van der Waals surface area contributed by atoms with E-state index >= 15 is 0 Å². The van der Waals surface area contributed by atoms with E-state index in [0.717, 1.165) is 19.6 Å². The molecule has 0 bridgehead atoms. The molecule has 0 saturated carbocycles. The minimum Gasteiger partial charge on any atom is -0.492 e. The fraction of sp³-hybridized carbons (Fsp3) is 0.533. The molecule has 1 aliphatic heterocycles. The summed E-state index contributed by atoms with van der Waals surface area (Å²) < 4.78 is 18.1. The third-order valence-electron chi connectivity index (χ3n) is 3.49. The Morgan fingerprint density at radius 2 is 2.18 bits per heavy atom. The molecule has 2 rings (SSSR count). The lowest BCUT2D eigenvalue weighted by Gasteiger charge is -2.33. The Morgan fingerprint density at radius 3 is 2.86 bits per heavy atom. The van der Waals surface area contributed by atoms with E-state index < -0.39 is 0 Å². The van der Waals surface area contributed by atoms with E-state index in [1.165, 1.54) is 12.1 Å². The Morgan fingerprint density at radius 1 is 1.45 bits per heavy atom. The van der Waals surface area contributed by atoms with Gasteiger partial charge in [0.1, 0.15) is 18.2 Å². The molecular weight excluding hydrogens is 309 g/mol. The van der Waals surface area contributed by atoms with Gasteiger partial charge in [0, 0.05) is 25.7 Å². The summed E-state index contributed by atoms with van der Waals surface area (Å²) in [4.78, 5) is 14.0. The first-order valence-corrected chi connectivity index (χ1v) is 7.25. The van der Waals surface area contributed by atoms with Gasteiger partial charge < -0.3 is 15.4 Å². The van der Waals surface area contributed by atoms with Crippen molar-refractivity contribution in [2.45, 2.75) is 13.0 Å². The average Bonchev–Trinajstić information content (AvgIpc) is 2.48. The van der Waals surface area contributed by atoms with Gasteiger partial charge in [-0.15, -0.1) is 12.4 Å². The van der Waals surface area contributed by atoms with Gasteiger partial charge in [-0.25, -0.2) is 4.39 Å². The summed E-state index contributed by atoms with van der Waals surface area (Å²) >= 11 is 0. The smallest absolute Gasteiger partial charge is 0.234 e. The van der Waals surface area contributed by atoms with Crippen molar-refractivity contribution >= 4 is 18.3 Å². The van der Waals surface area contributed by atoms with Crippen LogP contribution in [-0.4, -0.2) is 56.2 Å². The van der Waals surface area contributed by atoms with E-state index in [2.05, 4.69) is 22.5 Å². The number of piperazine rings is 1. The molecular formula is C15H23ClFN3O2. The van der Waals surface area contributed by atoms with Crippen molar-refractivity contribution in [2.75, 3.05) is 39.3 Å². The number of nitrogens with one attached hydrogen (secondary N) is 2. The van der Waals surface area contributed by atoms with Crippen LogP contribution in [0.4, 0.5) is 4.39 Å². The monoisotopic (exact) mass is 331 g/mol. The molecule has 1 aromatic rings. The molecule has 1 heterocycles. The molecule has 1 atom stereocenters. The minimum atomic E-state index is -0.291. The van der Waals surface area contributed by atoms with E-state index in [1.807, 2.05) is 0 Å². The number of amides is 1. The number of ether oxygens (including phenoxy) is 1. The second kappa shape index (κ2) is 9.61. The van der Waals surface area contributed by atoms with E-state index in [4.69, 9.17) is 4.74 Å². The van der Waals surface area contributed by atoms with E-state index in [0.29, 0.717) is 31.5 Å². The van der Waals surface area contributed by atoms with Gasteiger partial charge in [-0.05, 0) is 31.2 Å². The van der Waals surface area contributed by atoms with E-state index in [9.17, 15) is 9.18 Å². The molecule has 0 aliphatic carbocycles. The van der Waals surface area contributed by atoms with Crippen molar-refractivity contribution in [3.63, 3.8) is 0 Å². The van der Waals surface area contributed by atoms with Crippen LogP contribution in [0.2, 0.25) is 0 Å². The number of rotatable bonds is 6.